The van der Waals surface area contributed by atoms with Gasteiger partial charge in [-0.3, -0.25) is 4.79 Å². The van der Waals surface area contributed by atoms with Gasteiger partial charge in [0.25, 0.3) is 0 Å². The molecule has 0 spiro atoms. The Morgan fingerprint density at radius 1 is 1.41 bits per heavy atom. The molecule has 1 aromatic carbocycles. The van der Waals surface area contributed by atoms with E-state index in [-0.39, 0.29) is 17.6 Å². The van der Waals surface area contributed by atoms with E-state index in [1.165, 1.54) is 0 Å². The van der Waals surface area contributed by atoms with Crippen LogP contribution in [0, 0.1) is 0 Å². The van der Waals surface area contributed by atoms with Crippen LogP contribution in [0.2, 0.25) is 0 Å². The molecule has 0 bridgehead atoms. The first-order valence-electron chi connectivity index (χ1n) is 5.53. The molecule has 0 amide bonds. The summed E-state index contributed by atoms with van der Waals surface area (Å²) in [4.78, 5) is 10.6. The van der Waals surface area contributed by atoms with E-state index in [2.05, 4.69) is 0 Å². The third kappa shape index (κ3) is 3.20. The number of hydrogen-bond donors (Lipinski definition) is 3. The van der Waals surface area contributed by atoms with Gasteiger partial charge in [0.15, 0.2) is 0 Å². The summed E-state index contributed by atoms with van der Waals surface area (Å²) >= 11 is 0. The fraction of sp³-hybridized carbons (Fsp3) is 0.462. The maximum absolute atomic E-state index is 10.6. The number of phenolic OH excluding ortho intramolecular Hbond substituents is 1. The number of para-hydroxylation sites is 1. The van der Waals surface area contributed by atoms with Crippen molar-refractivity contribution in [3.05, 3.63) is 29.3 Å². The van der Waals surface area contributed by atoms with Crippen LogP contribution in [0.3, 0.4) is 0 Å². The summed E-state index contributed by atoms with van der Waals surface area (Å²) in [6.07, 6.45) is -0.193. The molecule has 0 radical (unpaired) electrons. The standard InChI is InChI=1S/C13H19NO3/c1-13(2,3)9-6-4-5-8(12(9)17)10(14)7-11(15)16/h4-6,10,17H,7,14H2,1-3H3,(H,15,16). The molecule has 1 atom stereocenters. The zero-order valence-corrected chi connectivity index (χ0v) is 10.4. The van der Waals surface area contributed by atoms with Crippen molar-refractivity contribution in [3.8, 4) is 5.75 Å². The largest absolute Gasteiger partial charge is 0.507 e. The Morgan fingerprint density at radius 2 is 2.00 bits per heavy atom. The number of nitrogens with two attached hydrogens (primary N) is 1. The van der Waals surface area contributed by atoms with E-state index in [1.807, 2.05) is 26.8 Å². The first-order chi connectivity index (χ1) is 7.73. The van der Waals surface area contributed by atoms with Crippen molar-refractivity contribution in [3.63, 3.8) is 0 Å². The van der Waals surface area contributed by atoms with E-state index < -0.39 is 12.0 Å². The van der Waals surface area contributed by atoms with E-state index in [9.17, 15) is 9.90 Å². The van der Waals surface area contributed by atoms with Crippen molar-refractivity contribution < 1.29 is 15.0 Å². The maximum atomic E-state index is 10.6. The molecule has 0 heterocycles. The lowest BCUT2D eigenvalue weighted by Crippen LogP contribution is -2.17. The monoisotopic (exact) mass is 237 g/mol. The van der Waals surface area contributed by atoms with E-state index in [4.69, 9.17) is 10.8 Å². The lowest BCUT2D eigenvalue weighted by Gasteiger charge is -2.23. The highest BCUT2D eigenvalue weighted by Crippen LogP contribution is 2.35. The number of carboxylic acid groups (broad SMARTS) is 1. The van der Waals surface area contributed by atoms with Gasteiger partial charge >= 0.3 is 5.97 Å². The van der Waals surface area contributed by atoms with Crippen LogP contribution in [-0.4, -0.2) is 16.2 Å². The zero-order valence-electron chi connectivity index (χ0n) is 10.4. The number of carboxylic acids is 1. The van der Waals surface area contributed by atoms with Crippen molar-refractivity contribution in [2.75, 3.05) is 0 Å². The van der Waals surface area contributed by atoms with Crippen molar-refractivity contribution in [2.24, 2.45) is 5.73 Å². The van der Waals surface area contributed by atoms with Crippen LogP contribution < -0.4 is 5.73 Å². The van der Waals surface area contributed by atoms with Gasteiger partial charge in [-0.2, -0.15) is 0 Å². The van der Waals surface area contributed by atoms with Gasteiger partial charge in [0.1, 0.15) is 5.75 Å². The second-order valence-electron chi connectivity index (χ2n) is 5.20. The predicted molar refractivity (Wildman–Crippen MR) is 66.0 cm³/mol. The van der Waals surface area contributed by atoms with E-state index in [0.717, 1.165) is 5.56 Å². The van der Waals surface area contributed by atoms with Gasteiger partial charge < -0.3 is 15.9 Å². The third-order valence-corrected chi connectivity index (χ3v) is 2.67. The molecule has 4 nitrogen and oxygen atoms in total. The van der Waals surface area contributed by atoms with Crippen molar-refractivity contribution >= 4 is 5.97 Å². The van der Waals surface area contributed by atoms with Gasteiger partial charge in [0.2, 0.25) is 0 Å². The zero-order chi connectivity index (χ0) is 13.2. The quantitative estimate of drug-likeness (QED) is 0.752. The van der Waals surface area contributed by atoms with Crippen molar-refractivity contribution in [2.45, 2.75) is 38.6 Å². The number of aliphatic carboxylic acids is 1. The number of phenols is 1. The lowest BCUT2D eigenvalue weighted by molar-refractivity contribution is -0.137. The molecule has 0 aliphatic rings. The average molecular weight is 237 g/mol. The van der Waals surface area contributed by atoms with E-state index in [1.54, 1.807) is 12.1 Å². The molecule has 0 aliphatic carbocycles. The summed E-state index contributed by atoms with van der Waals surface area (Å²) in [6, 6.07) is 4.59. The second kappa shape index (κ2) is 4.75. The topological polar surface area (TPSA) is 83.6 Å². The molecule has 1 rings (SSSR count). The van der Waals surface area contributed by atoms with E-state index >= 15 is 0 Å². The SMILES string of the molecule is CC(C)(C)c1cccc(C(N)CC(=O)O)c1O. The Labute approximate surface area is 101 Å². The first-order valence-corrected chi connectivity index (χ1v) is 5.53. The summed E-state index contributed by atoms with van der Waals surface area (Å²) in [5.41, 5.74) is 6.82. The van der Waals surface area contributed by atoms with Gasteiger partial charge in [-0.05, 0) is 11.0 Å². The van der Waals surface area contributed by atoms with Crippen LogP contribution in [0.1, 0.15) is 44.4 Å². The van der Waals surface area contributed by atoms with Crippen LogP contribution >= 0.6 is 0 Å². The Bertz CT molecular complexity index is 421. The smallest absolute Gasteiger partial charge is 0.305 e. The summed E-state index contributed by atoms with van der Waals surface area (Å²) in [7, 11) is 0. The van der Waals surface area contributed by atoms with Crippen LogP contribution in [0.5, 0.6) is 5.75 Å². The number of hydrogen-bond acceptors (Lipinski definition) is 3. The summed E-state index contributed by atoms with van der Waals surface area (Å²) in [6.45, 7) is 5.94. The maximum Gasteiger partial charge on any atom is 0.305 e. The molecule has 0 saturated carbocycles. The highest BCUT2D eigenvalue weighted by molar-refractivity contribution is 5.68. The Morgan fingerprint density at radius 3 is 2.47 bits per heavy atom. The molecule has 4 N–H and O–H groups in total. The van der Waals surface area contributed by atoms with Crippen LogP contribution in [0.15, 0.2) is 18.2 Å². The Kier molecular flexibility index (Phi) is 3.78. The molecular weight excluding hydrogens is 218 g/mol. The highest BCUT2D eigenvalue weighted by atomic mass is 16.4. The molecule has 0 fully saturated rings. The number of benzene rings is 1. The Hall–Kier alpha value is -1.55. The van der Waals surface area contributed by atoms with Crippen LogP contribution in [-0.2, 0) is 10.2 Å². The van der Waals surface area contributed by atoms with Gasteiger partial charge in [0.05, 0.1) is 6.42 Å². The summed E-state index contributed by atoms with van der Waals surface area (Å²) < 4.78 is 0. The van der Waals surface area contributed by atoms with Crippen molar-refractivity contribution in [1.29, 1.82) is 0 Å². The molecule has 0 aliphatic heterocycles. The number of aromatic hydroxyl groups is 1. The molecule has 0 aromatic heterocycles. The molecule has 94 valence electrons. The fourth-order valence-electron chi connectivity index (χ4n) is 1.76. The molecule has 1 aromatic rings. The molecule has 0 saturated heterocycles. The summed E-state index contributed by atoms with van der Waals surface area (Å²) in [5.74, 6) is -0.869. The number of rotatable bonds is 3. The molecule has 1 unspecified atom stereocenters. The Balaban J connectivity index is 3.15. The predicted octanol–water partition coefficient (Wildman–Crippen LogP) is 2.16. The second-order valence-corrected chi connectivity index (χ2v) is 5.20. The van der Waals surface area contributed by atoms with Gasteiger partial charge in [-0.15, -0.1) is 0 Å². The van der Waals surface area contributed by atoms with Crippen molar-refractivity contribution in [1.82, 2.24) is 0 Å². The molecular formula is C13H19NO3. The van der Waals surface area contributed by atoms with Crippen LogP contribution in [0.4, 0.5) is 0 Å². The highest BCUT2D eigenvalue weighted by Gasteiger charge is 2.22. The lowest BCUT2D eigenvalue weighted by atomic mass is 9.84. The fourth-order valence-corrected chi connectivity index (χ4v) is 1.76. The summed E-state index contributed by atoms with van der Waals surface area (Å²) in [5, 5.41) is 18.8. The van der Waals surface area contributed by atoms with Gasteiger partial charge in [0, 0.05) is 11.6 Å². The molecule has 17 heavy (non-hydrogen) atoms. The van der Waals surface area contributed by atoms with Crippen LogP contribution in [0.25, 0.3) is 0 Å². The minimum atomic E-state index is -0.974. The molecule has 4 heteroatoms. The third-order valence-electron chi connectivity index (χ3n) is 2.67. The average Bonchev–Trinajstić information content (AvgIpc) is 2.14. The first kappa shape index (κ1) is 13.5. The number of carbonyl (C=O) groups is 1. The van der Waals surface area contributed by atoms with Gasteiger partial charge in [-0.1, -0.05) is 39.0 Å². The minimum Gasteiger partial charge on any atom is -0.507 e. The normalized spacial score (nSPS) is 13.4. The van der Waals surface area contributed by atoms with Gasteiger partial charge in [-0.25, -0.2) is 0 Å². The minimum absolute atomic E-state index is 0.105. The van der Waals surface area contributed by atoms with E-state index in [0.29, 0.717) is 5.56 Å².